The fourth-order valence-corrected chi connectivity index (χ4v) is 1.38. The molecule has 7 nitrogen and oxygen atoms in total. The monoisotopic (exact) mass is 283 g/mol. The van der Waals surface area contributed by atoms with E-state index in [1.807, 2.05) is 0 Å². The lowest BCUT2D eigenvalue weighted by molar-refractivity contribution is -0.137. The minimum absolute atomic E-state index is 0.0199. The number of nitrogens with zero attached hydrogens (tertiary/aromatic N) is 1. The Hall–Kier alpha value is -2.07. The maximum Gasteiger partial charge on any atom is 0.303 e. The second-order valence-corrected chi connectivity index (χ2v) is 4.16. The van der Waals surface area contributed by atoms with Gasteiger partial charge in [-0.05, 0) is 19.3 Å². The molecule has 0 bridgehead atoms. The molecule has 0 aliphatic carbocycles. The zero-order valence-electron chi connectivity index (χ0n) is 11.4. The van der Waals surface area contributed by atoms with Crippen LogP contribution in [-0.2, 0) is 9.59 Å². The SMILES string of the molecule is N#C/C(=C/NCCCO)C(=O)NCCCCCC(=O)O. The fourth-order valence-electron chi connectivity index (χ4n) is 1.38. The molecule has 0 spiro atoms. The Bertz CT molecular complexity index is 374. The molecular formula is C13H21N3O4. The number of aliphatic hydroxyl groups is 1. The van der Waals surface area contributed by atoms with E-state index in [2.05, 4.69) is 10.6 Å². The second kappa shape index (κ2) is 12.0. The van der Waals surface area contributed by atoms with Gasteiger partial charge in [-0.3, -0.25) is 9.59 Å². The van der Waals surface area contributed by atoms with Gasteiger partial charge in [0.15, 0.2) is 0 Å². The van der Waals surface area contributed by atoms with Crippen LogP contribution in [0.4, 0.5) is 0 Å². The van der Waals surface area contributed by atoms with E-state index in [1.54, 1.807) is 6.07 Å². The summed E-state index contributed by atoms with van der Waals surface area (Å²) in [4.78, 5) is 21.9. The first-order valence-corrected chi connectivity index (χ1v) is 6.56. The van der Waals surface area contributed by atoms with Crippen molar-refractivity contribution in [2.45, 2.75) is 32.1 Å². The minimum Gasteiger partial charge on any atom is -0.481 e. The highest BCUT2D eigenvalue weighted by Gasteiger charge is 2.07. The summed E-state index contributed by atoms with van der Waals surface area (Å²) >= 11 is 0. The fraction of sp³-hybridized carbons (Fsp3) is 0.615. The number of rotatable bonds is 11. The van der Waals surface area contributed by atoms with Crippen molar-refractivity contribution in [2.24, 2.45) is 0 Å². The van der Waals surface area contributed by atoms with Gasteiger partial charge < -0.3 is 20.8 Å². The van der Waals surface area contributed by atoms with Gasteiger partial charge in [0.05, 0.1) is 0 Å². The highest BCUT2D eigenvalue weighted by Crippen LogP contribution is 1.99. The van der Waals surface area contributed by atoms with Crippen molar-refractivity contribution in [2.75, 3.05) is 19.7 Å². The van der Waals surface area contributed by atoms with Crippen LogP contribution in [0.2, 0.25) is 0 Å². The largest absolute Gasteiger partial charge is 0.481 e. The van der Waals surface area contributed by atoms with Crippen LogP contribution in [0, 0.1) is 11.3 Å². The lowest BCUT2D eigenvalue weighted by atomic mass is 10.2. The predicted octanol–water partition coefficient (Wildman–Crippen LogP) is 0.127. The van der Waals surface area contributed by atoms with Crippen LogP contribution in [0.1, 0.15) is 32.1 Å². The quantitative estimate of drug-likeness (QED) is 0.243. The van der Waals surface area contributed by atoms with Crippen molar-refractivity contribution in [3.05, 3.63) is 11.8 Å². The summed E-state index contributed by atoms with van der Waals surface area (Å²) in [6.45, 7) is 0.948. The molecule has 4 N–H and O–H groups in total. The van der Waals surface area contributed by atoms with Crippen molar-refractivity contribution in [1.82, 2.24) is 10.6 Å². The van der Waals surface area contributed by atoms with Gasteiger partial charge in [0, 0.05) is 32.3 Å². The Morgan fingerprint density at radius 3 is 2.50 bits per heavy atom. The molecule has 0 heterocycles. The molecular weight excluding hydrogens is 262 g/mol. The maximum atomic E-state index is 11.6. The third kappa shape index (κ3) is 9.91. The van der Waals surface area contributed by atoms with Crippen LogP contribution in [-0.4, -0.2) is 41.8 Å². The van der Waals surface area contributed by atoms with Gasteiger partial charge in [0.2, 0.25) is 0 Å². The molecule has 0 atom stereocenters. The first kappa shape index (κ1) is 17.9. The summed E-state index contributed by atoms with van der Waals surface area (Å²) in [5.74, 6) is -1.28. The van der Waals surface area contributed by atoms with E-state index >= 15 is 0 Å². The molecule has 1 amide bonds. The molecule has 0 radical (unpaired) electrons. The molecule has 7 heteroatoms. The van der Waals surface area contributed by atoms with Gasteiger partial charge in [-0.1, -0.05) is 6.42 Å². The number of aliphatic hydroxyl groups excluding tert-OH is 1. The first-order valence-electron chi connectivity index (χ1n) is 6.56. The average molecular weight is 283 g/mol. The molecule has 0 aliphatic heterocycles. The number of nitriles is 1. The highest BCUT2D eigenvalue weighted by molar-refractivity contribution is 5.97. The molecule has 0 aliphatic rings. The zero-order chi connectivity index (χ0) is 15.2. The van der Waals surface area contributed by atoms with Crippen LogP contribution >= 0.6 is 0 Å². The van der Waals surface area contributed by atoms with E-state index in [1.165, 1.54) is 6.20 Å². The summed E-state index contributed by atoms with van der Waals surface area (Å²) in [6, 6.07) is 1.79. The van der Waals surface area contributed by atoms with Gasteiger partial charge in [-0.15, -0.1) is 0 Å². The molecule has 0 aromatic carbocycles. The molecule has 0 aromatic rings. The van der Waals surface area contributed by atoms with E-state index in [9.17, 15) is 9.59 Å². The van der Waals surface area contributed by atoms with E-state index in [-0.39, 0.29) is 18.6 Å². The second-order valence-electron chi connectivity index (χ2n) is 4.16. The number of carbonyl (C=O) groups is 2. The summed E-state index contributed by atoms with van der Waals surface area (Å²) in [5.41, 5.74) is -0.0199. The number of hydrogen-bond donors (Lipinski definition) is 4. The normalized spacial score (nSPS) is 10.7. The first-order chi connectivity index (χ1) is 9.61. The van der Waals surface area contributed by atoms with Crippen LogP contribution in [0.15, 0.2) is 11.8 Å². The number of carbonyl (C=O) groups excluding carboxylic acids is 1. The number of carboxylic acids is 1. The van der Waals surface area contributed by atoms with Gasteiger partial charge >= 0.3 is 5.97 Å². The Labute approximate surface area is 118 Å². The molecule has 0 unspecified atom stereocenters. The Morgan fingerprint density at radius 1 is 1.15 bits per heavy atom. The molecule has 112 valence electrons. The lowest BCUT2D eigenvalue weighted by Crippen LogP contribution is -2.26. The van der Waals surface area contributed by atoms with Gasteiger partial charge in [-0.2, -0.15) is 5.26 Å². The van der Waals surface area contributed by atoms with Crippen molar-refractivity contribution >= 4 is 11.9 Å². The summed E-state index contributed by atoms with van der Waals surface area (Å²) in [6.07, 6.45) is 3.97. The smallest absolute Gasteiger partial charge is 0.303 e. The number of hydrogen-bond acceptors (Lipinski definition) is 5. The van der Waals surface area contributed by atoms with Crippen LogP contribution in [0.5, 0.6) is 0 Å². The standard InChI is InChI=1S/C13H21N3O4/c14-9-11(10-15-6-4-8-17)13(20)16-7-3-1-2-5-12(18)19/h10,15,17H,1-8H2,(H,16,20)(H,18,19)/b11-10-. The number of nitrogens with one attached hydrogen (secondary N) is 2. The third-order valence-corrected chi connectivity index (χ3v) is 2.44. The van der Waals surface area contributed by atoms with Crippen molar-refractivity contribution < 1.29 is 19.8 Å². The Balaban J connectivity index is 3.82. The van der Waals surface area contributed by atoms with E-state index in [0.29, 0.717) is 38.8 Å². The van der Waals surface area contributed by atoms with E-state index in [4.69, 9.17) is 15.5 Å². The average Bonchev–Trinajstić information content (AvgIpc) is 2.42. The molecule has 0 fully saturated rings. The van der Waals surface area contributed by atoms with Crippen LogP contribution in [0.25, 0.3) is 0 Å². The van der Waals surface area contributed by atoms with Gasteiger partial charge in [0.25, 0.3) is 5.91 Å². The third-order valence-electron chi connectivity index (χ3n) is 2.44. The molecule has 20 heavy (non-hydrogen) atoms. The Kier molecular flexibility index (Phi) is 10.7. The Morgan fingerprint density at radius 2 is 1.90 bits per heavy atom. The van der Waals surface area contributed by atoms with Gasteiger partial charge in [0.1, 0.15) is 11.6 Å². The predicted molar refractivity (Wildman–Crippen MR) is 72.5 cm³/mol. The topological polar surface area (TPSA) is 122 Å². The maximum absolute atomic E-state index is 11.6. The molecule has 0 aromatic heterocycles. The number of unbranched alkanes of at least 4 members (excludes halogenated alkanes) is 2. The summed E-state index contributed by atoms with van der Waals surface area (Å²) in [5, 5.41) is 31.2. The minimum atomic E-state index is -0.822. The van der Waals surface area contributed by atoms with Crippen molar-refractivity contribution in [3.63, 3.8) is 0 Å². The highest BCUT2D eigenvalue weighted by atomic mass is 16.4. The zero-order valence-corrected chi connectivity index (χ0v) is 11.4. The molecule has 0 saturated carbocycles. The number of carboxylic acid groups (broad SMARTS) is 1. The van der Waals surface area contributed by atoms with E-state index in [0.717, 1.165) is 0 Å². The van der Waals surface area contributed by atoms with Crippen LogP contribution in [0.3, 0.4) is 0 Å². The summed E-state index contributed by atoms with van der Waals surface area (Å²) < 4.78 is 0. The van der Waals surface area contributed by atoms with E-state index < -0.39 is 11.9 Å². The summed E-state index contributed by atoms with van der Waals surface area (Å²) in [7, 11) is 0. The number of amides is 1. The van der Waals surface area contributed by atoms with Gasteiger partial charge in [-0.25, -0.2) is 0 Å². The van der Waals surface area contributed by atoms with Crippen molar-refractivity contribution in [1.29, 1.82) is 5.26 Å². The molecule has 0 saturated heterocycles. The number of aliphatic carboxylic acids is 1. The van der Waals surface area contributed by atoms with Crippen LogP contribution < -0.4 is 10.6 Å². The van der Waals surface area contributed by atoms with Crippen molar-refractivity contribution in [3.8, 4) is 6.07 Å². The lowest BCUT2D eigenvalue weighted by Gasteiger charge is -2.04. The molecule has 0 rings (SSSR count).